The number of rotatable bonds is 6. The Bertz CT molecular complexity index is 495. The summed E-state index contributed by atoms with van der Waals surface area (Å²) in [5.74, 6) is -0.0106. The van der Waals surface area contributed by atoms with E-state index in [0.717, 1.165) is 30.1 Å². The second kappa shape index (κ2) is 8.43. The zero-order valence-electron chi connectivity index (χ0n) is 14.4. The zero-order chi connectivity index (χ0) is 16.8. The summed E-state index contributed by atoms with van der Waals surface area (Å²) in [6.07, 6.45) is 1.03. The van der Waals surface area contributed by atoms with Gasteiger partial charge in [-0.25, -0.2) is 5.06 Å². The highest BCUT2D eigenvalue weighted by atomic mass is 16.5. The highest BCUT2D eigenvalue weighted by Crippen LogP contribution is 2.19. The summed E-state index contributed by atoms with van der Waals surface area (Å²) in [4.78, 5) is 14.4. The third-order valence-corrected chi connectivity index (χ3v) is 4.19. The molecule has 0 bridgehead atoms. The van der Waals surface area contributed by atoms with Gasteiger partial charge in [0.25, 0.3) is 5.91 Å². The molecular weight excluding hydrogens is 292 g/mol. The fourth-order valence-electron chi connectivity index (χ4n) is 2.78. The Labute approximate surface area is 138 Å². The topological polar surface area (TPSA) is 53.0 Å². The maximum absolute atomic E-state index is 12.4. The summed E-state index contributed by atoms with van der Waals surface area (Å²) in [7, 11) is 0. The van der Waals surface area contributed by atoms with Gasteiger partial charge >= 0.3 is 0 Å². The molecule has 128 valence electrons. The van der Waals surface area contributed by atoms with Crippen LogP contribution in [0.4, 0.5) is 0 Å². The minimum atomic E-state index is -0.353. The molecule has 1 N–H and O–H groups in total. The number of hydrogen-bond donors (Lipinski definition) is 1. The summed E-state index contributed by atoms with van der Waals surface area (Å²) >= 11 is 0. The lowest BCUT2D eigenvalue weighted by Gasteiger charge is -2.30. The first-order valence-corrected chi connectivity index (χ1v) is 8.36. The quantitative estimate of drug-likeness (QED) is 0.646. The minimum absolute atomic E-state index is 0.234. The van der Waals surface area contributed by atoms with Crippen molar-refractivity contribution >= 4 is 5.91 Å². The molecule has 1 aromatic rings. The molecule has 1 heterocycles. The summed E-state index contributed by atoms with van der Waals surface area (Å²) in [6.45, 7) is 9.22. The maximum atomic E-state index is 12.4. The van der Waals surface area contributed by atoms with E-state index in [-0.39, 0.29) is 18.5 Å². The highest BCUT2D eigenvalue weighted by molar-refractivity contribution is 5.82. The number of hydrogen-bond acceptors (Lipinski definition) is 4. The van der Waals surface area contributed by atoms with Gasteiger partial charge in [-0.2, -0.15) is 0 Å². The molecule has 1 amide bonds. The molecule has 0 spiro atoms. The number of hydroxylamine groups is 2. The van der Waals surface area contributed by atoms with Crippen LogP contribution in [0.3, 0.4) is 0 Å². The molecule has 0 radical (unpaired) electrons. The van der Waals surface area contributed by atoms with E-state index in [9.17, 15) is 10.0 Å². The van der Waals surface area contributed by atoms with Gasteiger partial charge in [-0.3, -0.25) is 14.9 Å². The lowest BCUT2D eigenvalue weighted by molar-refractivity contribution is -0.178. The van der Waals surface area contributed by atoms with E-state index >= 15 is 0 Å². The first kappa shape index (κ1) is 17.9. The van der Waals surface area contributed by atoms with Crippen molar-refractivity contribution < 1.29 is 14.7 Å². The van der Waals surface area contributed by atoms with Crippen molar-refractivity contribution in [1.82, 2.24) is 9.96 Å². The lowest BCUT2D eigenvalue weighted by Crippen LogP contribution is -2.45. The summed E-state index contributed by atoms with van der Waals surface area (Å²) in [5.41, 5.74) is 2.21. The van der Waals surface area contributed by atoms with Crippen LogP contribution in [0, 0.1) is 5.92 Å². The van der Waals surface area contributed by atoms with Crippen LogP contribution < -0.4 is 0 Å². The fraction of sp³-hybridized carbons (Fsp3) is 0.611. The first-order valence-electron chi connectivity index (χ1n) is 8.36. The molecule has 1 saturated heterocycles. The minimum Gasteiger partial charge on any atom is -0.379 e. The zero-order valence-corrected chi connectivity index (χ0v) is 14.4. The van der Waals surface area contributed by atoms with Crippen LogP contribution in [0.5, 0.6) is 0 Å². The van der Waals surface area contributed by atoms with Gasteiger partial charge in [-0.05, 0) is 30.4 Å². The molecule has 1 unspecified atom stereocenters. The Morgan fingerprint density at radius 3 is 2.39 bits per heavy atom. The van der Waals surface area contributed by atoms with E-state index in [1.807, 2.05) is 24.0 Å². The van der Waals surface area contributed by atoms with E-state index in [1.165, 1.54) is 5.56 Å². The average molecular weight is 320 g/mol. The molecule has 0 aromatic heterocycles. The van der Waals surface area contributed by atoms with Gasteiger partial charge in [0.2, 0.25) is 0 Å². The van der Waals surface area contributed by atoms with Crippen LogP contribution in [0.1, 0.15) is 37.8 Å². The Balaban J connectivity index is 1.92. The van der Waals surface area contributed by atoms with Gasteiger partial charge in [0.1, 0.15) is 6.67 Å². The Morgan fingerprint density at radius 2 is 1.83 bits per heavy atom. The monoisotopic (exact) mass is 320 g/mol. The van der Waals surface area contributed by atoms with Crippen molar-refractivity contribution in [1.29, 1.82) is 0 Å². The fourth-order valence-corrected chi connectivity index (χ4v) is 2.78. The number of carbonyl (C=O) groups excluding carboxylic acids is 1. The lowest BCUT2D eigenvalue weighted by atomic mass is 9.96. The second-order valence-electron chi connectivity index (χ2n) is 6.67. The van der Waals surface area contributed by atoms with E-state index in [1.54, 1.807) is 0 Å². The van der Waals surface area contributed by atoms with Crippen LogP contribution in [0.25, 0.3) is 0 Å². The largest absolute Gasteiger partial charge is 0.379 e. The normalized spacial score (nSPS) is 17.3. The van der Waals surface area contributed by atoms with Gasteiger partial charge in [0.15, 0.2) is 0 Å². The molecule has 1 atom stereocenters. The third-order valence-electron chi connectivity index (χ3n) is 4.19. The van der Waals surface area contributed by atoms with E-state index in [2.05, 4.69) is 26.0 Å². The van der Waals surface area contributed by atoms with E-state index < -0.39 is 0 Å². The van der Waals surface area contributed by atoms with Crippen molar-refractivity contribution in [3.8, 4) is 0 Å². The number of benzene rings is 1. The molecule has 0 saturated carbocycles. The van der Waals surface area contributed by atoms with Crippen LogP contribution in [0.2, 0.25) is 0 Å². The predicted octanol–water partition coefficient (Wildman–Crippen LogP) is 2.50. The van der Waals surface area contributed by atoms with Crippen LogP contribution in [-0.2, 0) is 16.0 Å². The number of carbonyl (C=O) groups is 1. The Morgan fingerprint density at radius 1 is 1.22 bits per heavy atom. The SMILES string of the molecule is CC(C)Cc1ccc(C(C)C(=O)N(O)CN2CCOCC2)cc1. The molecule has 1 aliphatic rings. The summed E-state index contributed by atoms with van der Waals surface area (Å²) < 4.78 is 5.27. The molecule has 0 aliphatic carbocycles. The van der Waals surface area contributed by atoms with Gasteiger partial charge in [-0.1, -0.05) is 38.1 Å². The Hall–Kier alpha value is -1.43. The van der Waals surface area contributed by atoms with Crippen molar-refractivity contribution in [2.75, 3.05) is 33.0 Å². The standard InChI is InChI=1S/C18H28N2O3/c1-14(2)12-16-4-6-17(7-5-16)15(3)18(21)20(22)13-19-8-10-23-11-9-19/h4-7,14-15,22H,8-13H2,1-3H3. The second-order valence-corrected chi connectivity index (χ2v) is 6.67. The average Bonchev–Trinajstić information content (AvgIpc) is 2.54. The van der Waals surface area contributed by atoms with Crippen molar-refractivity contribution in [3.63, 3.8) is 0 Å². The molecular formula is C18H28N2O3. The van der Waals surface area contributed by atoms with Crippen molar-refractivity contribution in [2.24, 2.45) is 5.92 Å². The first-order chi connectivity index (χ1) is 11.0. The predicted molar refractivity (Wildman–Crippen MR) is 89.3 cm³/mol. The number of amides is 1. The highest BCUT2D eigenvalue weighted by Gasteiger charge is 2.23. The molecule has 5 nitrogen and oxygen atoms in total. The number of ether oxygens (including phenoxy) is 1. The Kier molecular flexibility index (Phi) is 6.57. The molecule has 1 fully saturated rings. The van der Waals surface area contributed by atoms with Crippen molar-refractivity contribution in [3.05, 3.63) is 35.4 Å². The van der Waals surface area contributed by atoms with Gasteiger partial charge < -0.3 is 4.74 Å². The molecule has 5 heteroatoms. The summed E-state index contributed by atoms with van der Waals surface area (Å²) in [6, 6.07) is 8.12. The van der Waals surface area contributed by atoms with Gasteiger partial charge in [0.05, 0.1) is 19.1 Å². The number of morpholine rings is 1. The molecule has 23 heavy (non-hydrogen) atoms. The van der Waals surface area contributed by atoms with Crippen LogP contribution in [-0.4, -0.2) is 54.0 Å². The number of nitrogens with zero attached hydrogens (tertiary/aromatic N) is 2. The smallest absolute Gasteiger partial charge is 0.254 e. The molecule has 1 aromatic carbocycles. The maximum Gasteiger partial charge on any atom is 0.254 e. The molecule has 1 aliphatic heterocycles. The van der Waals surface area contributed by atoms with Crippen molar-refractivity contribution in [2.45, 2.75) is 33.1 Å². The van der Waals surface area contributed by atoms with Gasteiger partial charge in [0, 0.05) is 13.1 Å². The van der Waals surface area contributed by atoms with E-state index in [4.69, 9.17) is 4.74 Å². The van der Waals surface area contributed by atoms with Crippen LogP contribution >= 0.6 is 0 Å². The van der Waals surface area contributed by atoms with Crippen LogP contribution in [0.15, 0.2) is 24.3 Å². The summed E-state index contributed by atoms with van der Waals surface area (Å²) in [5, 5.41) is 10.9. The third kappa shape index (κ3) is 5.30. The van der Waals surface area contributed by atoms with E-state index in [0.29, 0.717) is 19.1 Å². The molecule has 2 rings (SSSR count). The van der Waals surface area contributed by atoms with Gasteiger partial charge in [-0.15, -0.1) is 0 Å².